The topological polar surface area (TPSA) is 44.8 Å². The molecule has 0 heterocycles. The lowest BCUT2D eigenvalue weighted by Gasteiger charge is -2.32. The molecule has 0 aliphatic heterocycles. The molecule has 1 fully saturated rings. The number of halogens is 2. The molecule has 1 aliphatic rings. The van der Waals surface area contributed by atoms with Crippen LogP contribution in [0.25, 0.3) is 0 Å². The first-order valence-electron chi connectivity index (χ1n) is 16.5. The molecule has 1 aromatic carbocycles. The second-order valence-corrected chi connectivity index (χ2v) is 16.1. The van der Waals surface area contributed by atoms with Crippen LogP contribution < -0.4 is 4.74 Å². The fourth-order valence-electron chi connectivity index (χ4n) is 5.78. The smallest absolute Gasteiger partial charge is 0.331 e. The summed E-state index contributed by atoms with van der Waals surface area (Å²) in [4.78, 5) is 0. The summed E-state index contributed by atoms with van der Waals surface area (Å²) in [7, 11) is -3.14. The molecule has 0 bridgehead atoms. The van der Waals surface area contributed by atoms with Crippen molar-refractivity contribution < 1.29 is 27.1 Å². The third kappa shape index (κ3) is 14.5. The van der Waals surface area contributed by atoms with Crippen LogP contribution in [0.15, 0.2) is 24.3 Å². The zero-order chi connectivity index (χ0) is 31.2. The number of allylic oxidation sites excluding steroid dienone is 2. The van der Waals surface area contributed by atoms with E-state index in [4.69, 9.17) is 13.8 Å². The van der Waals surface area contributed by atoms with Gasteiger partial charge in [-0.05, 0) is 117 Å². The van der Waals surface area contributed by atoms with Gasteiger partial charge in [-0.1, -0.05) is 63.2 Å². The molecular formula is C35H59F2O4P. The standard InChI is InChI=1S/C35H59F2O4P/c1-8-9-19-28-20-22-29(23-21-28)30-24-25-31(33(37)32(30)36)39-26-17-15-13-11-10-12-14-16-18-27-42(38,40-34(2,3)4)41-35(5,6)7/h8-9,24-25,28-29H,10-23,26-27H2,1-7H3/b9-8+. The minimum Gasteiger partial charge on any atom is -0.490 e. The molecular weight excluding hydrogens is 553 g/mol. The monoisotopic (exact) mass is 612 g/mol. The van der Waals surface area contributed by atoms with E-state index in [-0.39, 0.29) is 11.7 Å². The molecule has 242 valence electrons. The summed E-state index contributed by atoms with van der Waals surface area (Å²) in [5, 5.41) is 0. The number of hydrogen-bond acceptors (Lipinski definition) is 4. The Morgan fingerprint density at radius 3 is 1.83 bits per heavy atom. The van der Waals surface area contributed by atoms with Crippen LogP contribution in [0.5, 0.6) is 5.75 Å². The fourth-order valence-corrected chi connectivity index (χ4v) is 8.28. The maximum Gasteiger partial charge on any atom is 0.331 e. The Morgan fingerprint density at radius 2 is 1.31 bits per heavy atom. The van der Waals surface area contributed by atoms with Gasteiger partial charge in [0.25, 0.3) is 0 Å². The molecule has 0 aromatic heterocycles. The minimum absolute atomic E-state index is 0.0309. The third-order valence-electron chi connectivity index (χ3n) is 7.73. The fraction of sp³-hybridized carbons (Fsp3) is 0.771. The summed E-state index contributed by atoms with van der Waals surface area (Å²) in [5.41, 5.74) is -0.507. The SMILES string of the molecule is C/C=C/CC1CCC(c2ccc(OCCCCCCCCCCCP(=O)(OC(C)(C)C)OC(C)(C)C)c(F)c2F)CC1. The van der Waals surface area contributed by atoms with Crippen molar-refractivity contribution in [3.05, 3.63) is 41.5 Å². The van der Waals surface area contributed by atoms with Gasteiger partial charge in [0.15, 0.2) is 11.6 Å². The molecule has 0 radical (unpaired) electrons. The highest BCUT2D eigenvalue weighted by atomic mass is 31.2. The maximum atomic E-state index is 14.9. The summed E-state index contributed by atoms with van der Waals surface area (Å²) in [6.07, 6.45) is 19.1. The second-order valence-electron chi connectivity index (χ2n) is 14.1. The molecule has 0 N–H and O–H groups in total. The van der Waals surface area contributed by atoms with Crippen molar-refractivity contribution in [2.75, 3.05) is 12.8 Å². The van der Waals surface area contributed by atoms with Crippen molar-refractivity contribution in [2.45, 2.75) is 155 Å². The molecule has 0 saturated heterocycles. The maximum absolute atomic E-state index is 14.9. The Morgan fingerprint density at radius 1 is 0.786 bits per heavy atom. The zero-order valence-electron chi connectivity index (χ0n) is 27.6. The van der Waals surface area contributed by atoms with Crippen LogP contribution in [-0.2, 0) is 13.6 Å². The Kier molecular flexibility index (Phi) is 15.8. The average Bonchev–Trinajstić information content (AvgIpc) is 2.88. The van der Waals surface area contributed by atoms with Crippen LogP contribution in [0.1, 0.15) is 150 Å². The van der Waals surface area contributed by atoms with Gasteiger partial charge < -0.3 is 13.8 Å². The first-order chi connectivity index (χ1) is 19.7. The highest BCUT2D eigenvalue weighted by Crippen LogP contribution is 2.55. The highest BCUT2D eigenvalue weighted by molar-refractivity contribution is 7.53. The van der Waals surface area contributed by atoms with E-state index >= 15 is 0 Å². The second kappa shape index (κ2) is 17.9. The molecule has 0 atom stereocenters. The van der Waals surface area contributed by atoms with Gasteiger partial charge in [0.2, 0.25) is 5.82 Å². The van der Waals surface area contributed by atoms with Crippen molar-refractivity contribution in [1.29, 1.82) is 0 Å². The largest absolute Gasteiger partial charge is 0.490 e. The molecule has 0 unspecified atom stereocenters. The van der Waals surface area contributed by atoms with Gasteiger partial charge in [-0.2, -0.15) is 4.39 Å². The number of ether oxygens (including phenoxy) is 1. The van der Waals surface area contributed by atoms with Crippen LogP contribution >= 0.6 is 7.60 Å². The van der Waals surface area contributed by atoms with Crippen LogP contribution in [0.2, 0.25) is 0 Å². The van der Waals surface area contributed by atoms with E-state index in [0.717, 1.165) is 89.9 Å². The van der Waals surface area contributed by atoms with E-state index in [1.807, 2.05) is 48.5 Å². The summed E-state index contributed by atoms with van der Waals surface area (Å²) >= 11 is 0. The van der Waals surface area contributed by atoms with Crippen LogP contribution in [-0.4, -0.2) is 24.0 Å². The van der Waals surface area contributed by atoms with E-state index < -0.39 is 30.4 Å². The molecule has 1 saturated carbocycles. The lowest BCUT2D eigenvalue weighted by molar-refractivity contribution is 0.0491. The Balaban J connectivity index is 1.58. The number of unbranched alkanes of at least 4 members (excludes halogenated alkanes) is 8. The Labute approximate surface area is 255 Å². The Bertz CT molecular complexity index is 968. The van der Waals surface area contributed by atoms with Gasteiger partial charge in [0.05, 0.1) is 24.0 Å². The first kappa shape index (κ1) is 37.0. The van der Waals surface area contributed by atoms with Gasteiger partial charge in [-0.3, -0.25) is 4.57 Å². The van der Waals surface area contributed by atoms with Crippen LogP contribution in [0.4, 0.5) is 8.78 Å². The summed E-state index contributed by atoms with van der Waals surface area (Å²) in [6, 6.07) is 3.35. The quantitative estimate of drug-likeness (QED) is 0.0940. The van der Waals surface area contributed by atoms with Crippen molar-refractivity contribution in [2.24, 2.45) is 5.92 Å². The number of rotatable bonds is 18. The van der Waals surface area contributed by atoms with Crippen molar-refractivity contribution in [1.82, 2.24) is 0 Å². The average molecular weight is 613 g/mol. The summed E-state index contributed by atoms with van der Waals surface area (Å²) in [6.45, 7) is 13.9. The van der Waals surface area contributed by atoms with Crippen LogP contribution in [0, 0.1) is 17.6 Å². The lowest BCUT2D eigenvalue weighted by atomic mass is 9.77. The van der Waals surface area contributed by atoms with E-state index in [2.05, 4.69) is 12.2 Å². The summed E-state index contributed by atoms with van der Waals surface area (Å²) < 4.78 is 60.2. The molecule has 42 heavy (non-hydrogen) atoms. The van der Waals surface area contributed by atoms with Gasteiger partial charge >= 0.3 is 7.60 Å². The first-order valence-corrected chi connectivity index (χ1v) is 18.2. The molecule has 7 heteroatoms. The van der Waals surface area contributed by atoms with Crippen molar-refractivity contribution in [3.8, 4) is 5.75 Å². The van der Waals surface area contributed by atoms with E-state index in [1.165, 1.54) is 0 Å². The zero-order valence-corrected chi connectivity index (χ0v) is 28.5. The van der Waals surface area contributed by atoms with E-state index in [0.29, 0.717) is 24.3 Å². The molecule has 2 rings (SSSR count). The van der Waals surface area contributed by atoms with Crippen LogP contribution in [0.3, 0.4) is 0 Å². The van der Waals surface area contributed by atoms with Crippen molar-refractivity contribution >= 4 is 7.60 Å². The number of benzene rings is 1. The molecule has 4 nitrogen and oxygen atoms in total. The molecule has 1 aromatic rings. The van der Waals surface area contributed by atoms with Gasteiger partial charge in [0, 0.05) is 0 Å². The normalized spacial score (nSPS) is 18.6. The molecule has 0 amide bonds. The van der Waals surface area contributed by atoms with Gasteiger partial charge in [0.1, 0.15) is 0 Å². The summed E-state index contributed by atoms with van der Waals surface area (Å²) in [5.74, 6) is -0.775. The van der Waals surface area contributed by atoms with Crippen molar-refractivity contribution in [3.63, 3.8) is 0 Å². The predicted octanol–water partition coefficient (Wildman–Crippen LogP) is 11.9. The third-order valence-corrected chi connectivity index (χ3v) is 10.2. The molecule has 0 spiro atoms. The van der Waals surface area contributed by atoms with Gasteiger partial charge in [-0.15, -0.1) is 0 Å². The van der Waals surface area contributed by atoms with E-state index in [9.17, 15) is 13.3 Å². The lowest BCUT2D eigenvalue weighted by Crippen LogP contribution is -2.24. The molecule has 1 aliphatic carbocycles. The minimum atomic E-state index is -3.14. The van der Waals surface area contributed by atoms with E-state index in [1.54, 1.807) is 12.1 Å². The highest BCUT2D eigenvalue weighted by Gasteiger charge is 2.34. The Hall–Kier alpha value is -1.23. The number of hydrogen-bond donors (Lipinski definition) is 0. The predicted molar refractivity (Wildman–Crippen MR) is 172 cm³/mol. The van der Waals surface area contributed by atoms with Gasteiger partial charge in [-0.25, -0.2) is 4.39 Å².